The zero-order valence-electron chi connectivity index (χ0n) is 6.49. The molecule has 0 amide bonds. The second kappa shape index (κ2) is 4.11. The molecule has 66 valence electrons. The van der Waals surface area contributed by atoms with Gasteiger partial charge in [0, 0.05) is 11.3 Å². The molecule has 1 rings (SSSR count). The van der Waals surface area contributed by atoms with Crippen LogP contribution in [0.3, 0.4) is 0 Å². The van der Waals surface area contributed by atoms with Crippen molar-refractivity contribution >= 4 is 17.3 Å². The Bertz CT molecular complexity index is 267. The summed E-state index contributed by atoms with van der Waals surface area (Å²) in [5.74, 6) is -0.503. The highest BCUT2D eigenvalue weighted by Gasteiger charge is 2.03. The summed E-state index contributed by atoms with van der Waals surface area (Å²) in [5, 5.41) is 19.3. The van der Waals surface area contributed by atoms with Gasteiger partial charge in [-0.1, -0.05) is 0 Å². The lowest BCUT2D eigenvalue weighted by atomic mass is 10.2. The molecule has 0 aliphatic rings. The van der Waals surface area contributed by atoms with Crippen molar-refractivity contribution in [2.75, 3.05) is 0 Å². The molecule has 0 spiro atoms. The minimum atomic E-state index is -0.786. The first-order valence-corrected chi connectivity index (χ1v) is 4.55. The largest absolute Gasteiger partial charge is 0.507 e. The standard InChI is InChI=1S/C8H10O3S/c9-6-4-5-12-7(6)2-1-3-8(10)11/h4-5,9H,1-3H2,(H,10,11). The minimum absolute atomic E-state index is 0.164. The van der Waals surface area contributed by atoms with E-state index in [-0.39, 0.29) is 12.2 Å². The van der Waals surface area contributed by atoms with Gasteiger partial charge in [-0.05, 0) is 24.3 Å². The highest BCUT2D eigenvalue weighted by Crippen LogP contribution is 2.24. The smallest absolute Gasteiger partial charge is 0.303 e. The van der Waals surface area contributed by atoms with Crippen LogP contribution in [0.1, 0.15) is 17.7 Å². The Kier molecular flexibility index (Phi) is 3.10. The summed E-state index contributed by atoms with van der Waals surface area (Å²) in [7, 11) is 0. The molecule has 0 aromatic carbocycles. The van der Waals surface area contributed by atoms with Gasteiger partial charge in [0.2, 0.25) is 0 Å². The van der Waals surface area contributed by atoms with Crippen LogP contribution < -0.4 is 0 Å². The van der Waals surface area contributed by atoms with E-state index >= 15 is 0 Å². The van der Waals surface area contributed by atoms with E-state index < -0.39 is 5.97 Å². The molecule has 0 unspecified atom stereocenters. The van der Waals surface area contributed by atoms with E-state index in [9.17, 15) is 9.90 Å². The first kappa shape index (κ1) is 9.06. The highest BCUT2D eigenvalue weighted by molar-refractivity contribution is 7.10. The predicted octanol–water partition coefficient (Wildman–Crippen LogP) is 1.86. The number of aromatic hydroxyl groups is 1. The number of rotatable bonds is 4. The number of hydrogen-bond acceptors (Lipinski definition) is 3. The van der Waals surface area contributed by atoms with Crippen LogP contribution >= 0.6 is 11.3 Å². The summed E-state index contributed by atoms with van der Waals surface area (Å²) in [4.78, 5) is 11.0. The van der Waals surface area contributed by atoms with Gasteiger partial charge >= 0.3 is 5.97 Å². The maximum atomic E-state index is 10.2. The molecule has 3 nitrogen and oxygen atoms in total. The van der Waals surface area contributed by atoms with Crippen molar-refractivity contribution in [1.82, 2.24) is 0 Å². The Morgan fingerprint density at radius 2 is 2.33 bits per heavy atom. The molecule has 0 fully saturated rings. The Balaban J connectivity index is 2.33. The number of carboxylic acids is 1. The number of hydrogen-bond donors (Lipinski definition) is 2. The third-order valence-electron chi connectivity index (χ3n) is 1.52. The number of carboxylic acid groups (broad SMARTS) is 1. The molecule has 0 radical (unpaired) electrons. The van der Waals surface area contributed by atoms with Gasteiger partial charge in [0.05, 0.1) is 0 Å². The average Bonchev–Trinajstić information content (AvgIpc) is 2.36. The molecule has 12 heavy (non-hydrogen) atoms. The van der Waals surface area contributed by atoms with Crippen LogP contribution in [0.2, 0.25) is 0 Å². The fourth-order valence-corrected chi connectivity index (χ4v) is 1.73. The highest BCUT2D eigenvalue weighted by atomic mass is 32.1. The van der Waals surface area contributed by atoms with Crippen LogP contribution in [0, 0.1) is 0 Å². The number of carbonyl (C=O) groups is 1. The van der Waals surface area contributed by atoms with Gasteiger partial charge in [-0.25, -0.2) is 0 Å². The molecule has 1 aromatic rings. The summed E-state index contributed by atoms with van der Waals surface area (Å²) >= 11 is 1.46. The lowest BCUT2D eigenvalue weighted by molar-refractivity contribution is -0.137. The first-order chi connectivity index (χ1) is 5.70. The minimum Gasteiger partial charge on any atom is -0.507 e. The van der Waals surface area contributed by atoms with E-state index in [0.717, 1.165) is 4.88 Å². The Morgan fingerprint density at radius 3 is 2.83 bits per heavy atom. The molecule has 0 bridgehead atoms. The molecular formula is C8H10O3S. The van der Waals surface area contributed by atoms with Crippen molar-refractivity contribution in [3.63, 3.8) is 0 Å². The van der Waals surface area contributed by atoms with E-state index in [2.05, 4.69) is 0 Å². The Hall–Kier alpha value is -1.03. The molecule has 0 saturated carbocycles. The zero-order chi connectivity index (χ0) is 8.97. The third kappa shape index (κ3) is 2.54. The van der Waals surface area contributed by atoms with Crippen molar-refractivity contribution in [1.29, 1.82) is 0 Å². The normalized spacial score (nSPS) is 10.0. The van der Waals surface area contributed by atoms with Gasteiger partial charge < -0.3 is 10.2 Å². The Labute approximate surface area is 74.3 Å². The zero-order valence-corrected chi connectivity index (χ0v) is 7.30. The Morgan fingerprint density at radius 1 is 1.58 bits per heavy atom. The van der Waals surface area contributed by atoms with Crippen LogP contribution in [0.25, 0.3) is 0 Å². The fourth-order valence-electron chi connectivity index (χ4n) is 0.921. The molecule has 1 aromatic heterocycles. The maximum absolute atomic E-state index is 10.2. The van der Waals surface area contributed by atoms with Crippen LogP contribution in [0.5, 0.6) is 5.75 Å². The van der Waals surface area contributed by atoms with Gasteiger partial charge in [-0.3, -0.25) is 4.79 Å². The quantitative estimate of drug-likeness (QED) is 0.754. The fraction of sp³-hybridized carbons (Fsp3) is 0.375. The van der Waals surface area contributed by atoms with Crippen LogP contribution in [-0.4, -0.2) is 16.2 Å². The first-order valence-electron chi connectivity index (χ1n) is 3.67. The molecular weight excluding hydrogens is 176 g/mol. The van der Waals surface area contributed by atoms with Gasteiger partial charge in [0.25, 0.3) is 0 Å². The topological polar surface area (TPSA) is 57.5 Å². The molecule has 0 atom stereocenters. The van der Waals surface area contributed by atoms with Crippen molar-refractivity contribution in [3.05, 3.63) is 16.3 Å². The SMILES string of the molecule is O=C(O)CCCc1sccc1O. The molecule has 1 heterocycles. The molecule has 0 saturated heterocycles. The molecule has 4 heteroatoms. The van der Waals surface area contributed by atoms with Gasteiger partial charge in [0.1, 0.15) is 5.75 Å². The third-order valence-corrected chi connectivity index (χ3v) is 2.49. The van der Waals surface area contributed by atoms with Crippen molar-refractivity contribution < 1.29 is 15.0 Å². The van der Waals surface area contributed by atoms with E-state index in [1.54, 1.807) is 11.4 Å². The van der Waals surface area contributed by atoms with Crippen molar-refractivity contribution in [2.24, 2.45) is 0 Å². The van der Waals surface area contributed by atoms with E-state index in [1.165, 1.54) is 11.3 Å². The summed E-state index contributed by atoms with van der Waals surface area (Å²) in [6, 6.07) is 1.63. The number of aliphatic carboxylic acids is 1. The summed E-state index contributed by atoms with van der Waals surface area (Å²) < 4.78 is 0. The van der Waals surface area contributed by atoms with Crippen LogP contribution in [0.15, 0.2) is 11.4 Å². The van der Waals surface area contributed by atoms with Gasteiger partial charge in [0.15, 0.2) is 0 Å². The summed E-state index contributed by atoms with van der Waals surface area (Å²) in [6.07, 6.45) is 1.40. The summed E-state index contributed by atoms with van der Waals surface area (Å²) in [5.41, 5.74) is 0. The number of thiophene rings is 1. The monoisotopic (exact) mass is 186 g/mol. The lowest BCUT2D eigenvalue weighted by Gasteiger charge is -1.95. The van der Waals surface area contributed by atoms with Crippen LogP contribution in [-0.2, 0) is 11.2 Å². The average molecular weight is 186 g/mol. The second-order valence-corrected chi connectivity index (χ2v) is 3.48. The van der Waals surface area contributed by atoms with E-state index in [4.69, 9.17) is 5.11 Å². The molecule has 0 aliphatic carbocycles. The van der Waals surface area contributed by atoms with Gasteiger partial charge in [-0.2, -0.15) is 0 Å². The van der Waals surface area contributed by atoms with Crippen molar-refractivity contribution in [2.45, 2.75) is 19.3 Å². The number of aryl methyl sites for hydroxylation is 1. The van der Waals surface area contributed by atoms with Crippen LogP contribution in [0.4, 0.5) is 0 Å². The van der Waals surface area contributed by atoms with Gasteiger partial charge in [-0.15, -0.1) is 11.3 Å². The second-order valence-electron chi connectivity index (χ2n) is 2.48. The van der Waals surface area contributed by atoms with E-state index in [0.29, 0.717) is 12.8 Å². The molecule has 2 N–H and O–H groups in total. The lowest BCUT2D eigenvalue weighted by Crippen LogP contribution is -1.94. The summed E-state index contributed by atoms with van der Waals surface area (Å²) in [6.45, 7) is 0. The predicted molar refractivity (Wildman–Crippen MR) is 46.6 cm³/mol. The molecule has 0 aliphatic heterocycles. The van der Waals surface area contributed by atoms with E-state index in [1.807, 2.05) is 0 Å². The maximum Gasteiger partial charge on any atom is 0.303 e. The van der Waals surface area contributed by atoms with Crippen molar-refractivity contribution in [3.8, 4) is 5.75 Å².